The van der Waals surface area contributed by atoms with Crippen molar-refractivity contribution in [1.82, 2.24) is 15.2 Å². The lowest BCUT2D eigenvalue weighted by atomic mass is 10.1. The Labute approximate surface area is 135 Å². The zero-order valence-corrected chi connectivity index (χ0v) is 12.8. The molecule has 0 saturated carbocycles. The van der Waals surface area contributed by atoms with E-state index in [4.69, 9.17) is 4.42 Å². The average molecular weight is 321 g/mol. The molecule has 0 N–H and O–H groups in total. The number of aldehydes is 1. The smallest absolute Gasteiger partial charge is 0.280 e. The third kappa shape index (κ3) is 2.76. The second kappa shape index (κ2) is 5.73. The van der Waals surface area contributed by atoms with Crippen LogP contribution in [-0.4, -0.2) is 21.5 Å². The number of aromatic nitrogens is 3. The first-order valence-electron chi connectivity index (χ1n) is 7.04. The topological polar surface area (TPSA) is 68.9 Å². The van der Waals surface area contributed by atoms with Gasteiger partial charge in [0.15, 0.2) is 0 Å². The number of thiazole rings is 1. The van der Waals surface area contributed by atoms with E-state index in [0.717, 1.165) is 20.8 Å². The average Bonchev–Trinajstić information content (AvgIpc) is 3.21. The maximum atomic E-state index is 10.6. The van der Waals surface area contributed by atoms with Gasteiger partial charge >= 0.3 is 0 Å². The second-order valence-corrected chi connectivity index (χ2v) is 6.10. The molecule has 0 radical (unpaired) electrons. The highest BCUT2D eigenvalue weighted by molar-refractivity contribution is 7.18. The van der Waals surface area contributed by atoms with Gasteiger partial charge in [0.25, 0.3) is 5.89 Å². The van der Waals surface area contributed by atoms with Gasteiger partial charge in [0, 0.05) is 0 Å². The number of rotatable bonds is 4. The molecule has 23 heavy (non-hydrogen) atoms. The maximum Gasteiger partial charge on any atom is 0.280 e. The highest BCUT2D eigenvalue weighted by Crippen LogP contribution is 2.29. The van der Waals surface area contributed by atoms with Crippen LogP contribution in [0.25, 0.3) is 21.3 Å². The van der Waals surface area contributed by atoms with Gasteiger partial charge < -0.3 is 4.42 Å². The molecule has 0 aliphatic carbocycles. The van der Waals surface area contributed by atoms with Crippen molar-refractivity contribution in [3.05, 3.63) is 65.3 Å². The summed E-state index contributed by atoms with van der Waals surface area (Å²) in [4.78, 5) is 15.2. The van der Waals surface area contributed by atoms with Crippen LogP contribution < -0.4 is 0 Å². The van der Waals surface area contributed by atoms with Crippen molar-refractivity contribution < 1.29 is 9.21 Å². The van der Waals surface area contributed by atoms with E-state index in [1.165, 1.54) is 5.56 Å². The Balaban J connectivity index is 1.66. The molecule has 5 nitrogen and oxygen atoms in total. The standard InChI is InChI=1S/C17H11N3O2S/c21-10-16-20-19-15(22-16)9-17-18-13-7-6-12(8-14(13)23-17)11-4-2-1-3-5-11/h1-8,10H,9H2. The van der Waals surface area contributed by atoms with Gasteiger partial charge in [0.2, 0.25) is 12.2 Å². The normalized spacial score (nSPS) is 11.0. The number of fused-ring (bicyclic) bond motifs is 1. The van der Waals surface area contributed by atoms with E-state index < -0.39 is 0 Å². The molecule has 4 aromatic rings. The first-order valence-corrected chi connectivity index (χ1v) is 7.86. The third-order valence-corrected chi connectivity index (χ3v) is 4.44. The molecular weight excluding hydrogens is 310 g/mol. The first kappa shape index (κ1) is 13.8. The molecule has 0 unspecified atom stereocenters. The van der Waals surface area contributed by atoms with Crippen LogP contribution in [0, 0.1) is 0 Å². The van der Waals surface area contributed by atoms with Crippen LogP contribution >= 0.6 is 11.3 Å². The first-order chi connectivity index (χ1) is 11.3. The van der Waals surface area contributed by atoms with Gasteiger partial charge in [-0.05, 0) is 23.3 Å². The minimum absolute atomic E-state index is 0.00697. The molecule has 0 spiro atoms. The highest BCUT2D eigenvalue weighted by atomic mass is 32.1. The summed E-state index contributed by atoms with van der Waals surface area (Å²) in [5.74, 6) is 0.391. The fraction of sp³-hybridized carbons (Fsp3) is 0.0588. The van der Waals surface area contributed by atoms with Crippen LogP contribution in [0.4, 0.5) is 0 Å². The zero-order chi connectivity index (χ0) is 15.6. The second-order valence-electron chi connectivity index (χ2n) is 4.98. The molecule has 2 heterocycles. The van der Waals surface area contributed by atoms with Crippen molar-refractivity contribution in [2.45, 2.75) is 6.42 Å². The van der Waals surface area contributed by atoms with Crippen LogP contribution in [0.3, 0.4) is 0 Å². The molecule has 0 aliphatic heterocycles. The Morgan fingerprint density at radius 1 is 1.04 bits per heavy atom. The van der Waals surface area contributed by atoms with Crippen LogP contribution in [0.2, 0.25) is 0 Å². The zero-order valence-electron chi connectivity index (χ0n) is 12.0. The van der Waals surface area contributed by atoms with E-state index in [-0.39, 0.29) is 5.89 Å². The number of nitrogens with zero attached hydrogens (tertiary/aromatic N) is 3. The van der Waals surface area contributed by atoms with Crippen molar-refractivity contribution in [3.63, 3.8) is 0 Å². The predicted octanol–water partition coefficient (Wildman–Crippen LogP) is 3.75. The Kier molecular flexibility index (Phi) is 3.44. The number of carbonyl (C=O) groups excluding carboxylic acids is 1. The SMILES string of the molecule is O=Cc1nnc(Cc2nc3ccc(-c4ccccc4)cc3s2)o1. The summed E-state index contributed by atoms with van der Waals surface area (Å²) in [6, 6.07) is 16.4. The summed E-state index contributed by atoms with van der Waals surface area (Å²) in [7, 11) is 0. The molecule has 2 aromatic heterocycles. The molecule has 0 atom stereocenters. The summed E-state index contributed by atoms with van der Waals surface area (Å²) in [6.07, 6.45) is 0.974. The van der Waals surface area contributed by atoms with Gasteiger partial charge in [0.05, 0.1) is 16.6 Å². The maximum absolute atomic E-state index is 10.6. The molecule has 2 aromatic carbocycles. The Hall–Kier alpha value is -2.86. The highest BCUT2D eigenvalue weighted by Gasteiger charge is 2.11. The van der Waals surface area contributed by atoms with Crippen LogP contribution in [0.15, 0.2) is 52.9 Å². The molecule has 4 rings (SSSR count). The summed E-state index contributed by atoms with van der Waals surface area (Å²) in [5.41, 5.74) is 3.28. The van der Waals surface area contributed by atoms with Gasteiger partial charge in [-0.1, -0.05) is 36.4 Å². The van der Waals surface area contributed by atoms with E-state index >= 15 is 0 Å². The fourth-order valence-corrected chi connectivity index (χ4v) is 3.37. The summed E-state index contributed by atoms with van der Waals surface area (Å²) in [6.45, 7) is 0. The molecule has 6 heteroatoms. The lowest BCUT2D eigenvalue weighted by molar-refractivity contribution is 0.109. The minimum Gasteiger partial charge on any atom is -0.418 e. The molecule has 0 bridgehead atoms. The van der Waals surface area contributed by atoms with Gasteiger partial charge in [0.1, 0.15) is 5.01 Å². The number of benzene rings is 2. The van der Waals surface area contributed by atoms with Crippen molar-refractivity contribution in [3.8, 4) is 11.1 Å². The summed E-state index contributed by atoms with van der Waals surface area (Å²) in [5, 5.41) is 8.35. The van der Waals surface area contributed by atoms with E-state index in [0.29, 0.717) is 18.6 Å². The third-order valence-electron chi connectivity index (χ3n) is 3.43. The van der Waals surface area contributed by atoms with Crippen LogP contribution in [-0.2, 0) is 6.42 Å². The van der Waals surface area contributed by atoms with Crippen molar-refractivity contribution >= 4 is 27.8 Å². The number of hydrogen-bond donors (Lipinski definition) is 0. The van der Waals surface area contributed by atoms with Crippen LogP contribution in [0.5, 0.6) is 0 Å². The van der Waals surface area contributed by atoms with Crippen molar-refractivity contribution in [2.24, 2.45) is 0 Å². The van der Waals surface area contributed by atoms with Crippen LogP contribution in [0.1, 0.15) is 21.6 Å². The van der Waals surface area contributed by atoms with Crippen molar-refractivity contribution in [1.29, 1.82) is 0 Å². The lowest BCUT2D eigenvalue weighted by Gasteiger charge is -2.00. The van der Waals surface area contributed by atoms with E-state index in [1.54, 1.807) is 11.3 Å². The molecule has 112 valence electrons. The monoisotopic (exact) mass is 321 g/mol. The van der Waals surface area contributed by atoms with Gasteiger partial charge in [-0.15, -0.1) is 21.5 Å². The molecule has 0 fully saturated rings. The van der Waals surface area contributed by atoms with Crippen molar-refractivity contribution in [2.75, 3.05) is 0 Å². The molecule has 0 amide bonds. The molecule has 0 saturated heterocycles. The fourth-order valence-electron chi connectivity index (χ4n) is 2.37. The molecule has 0 aliphatic rings. The van der Waals surface area contributed by atoms with Gasteiger partial charge in [-0.2, -0.15) is 0 Å². The van der Waals surface area contributed by atoms with E-state index in [2.05, 4.69) is 39.4 Å². The summed E-state index contributed by atoms with van der Waals surface area (Å²) >= 11 is 1.59. The van der Waals surface area contributed by atoms with Gasteiger partial charge in [-0.25, -0.2) is 4.98 Å². The minimum atomic E-state index is -0.00697. The van der Waals surface area contributed by atoms with E-state index in [9.17, 15) is 4.79 Å². The quantitative estimate of drug-likeness (QED) is 0.535. The Bertz CT molecular complexity index is 976. The Morgan fingerprint density at radius 2 is 1.91 bits per heavy atom. The number of carbonyl (C=O) groups is 1. The predicted molar refractivity (Wildman–Crippen MR) is 87.5 cm³/mol. The summed E-state index contributed by atoms with van der Waals surface area (Å²) < 4.78 is 6.31. The molecular formula is C17H11N3O2S. The number of hydrogen-bond acceptors (Lipinski definition) is 6. The van der Waals surface area contributed by atoms with Gasteiger partial charge in [-0.3, -0.25) is 4.79 Å². The Morgan fingerprint density at radius 3 is 2.70 bits per heavy atom. The van der Waals surface area contributed by atoms with E-state index in [1.807, 2.05) is 24.3 Å². The largest absolute Gasteiger partial charge is 0.418 e. The lowest BCUT2D eigenvalue weighted by Crippen LogP contribution is -1.86.